The number of carbonyl (C=O) groups excluding carboxylic acids is 1. The van der Waals surface area contributed by atoms with E-state index in [1.165, 1.54) is 24.5 Å². The van der Waals surface area contributed by atoms with Crippen molar-refractivity contribution in [2.45, 2.75) is 44.8 Å². The Hall–Kier alpha value is -1.99. The summed E-state index contributed by atoms with van der Waals surface area (Å²) < 4.78 is 20.1. The van der Waals surface area contributed by atoms with Gasteiger partial charge in [0.05, 0.1) is 22.9 Å². The van der Waals surface area contributed by atoms with Crippen molar-refractivity contribution >= 4 is 33.3 Å². The Morgan fingerprint density at radius 3 is 2.88 bits per heavy atom. The second kappa shape index (κ2) is 7.32. The molecule has 1 aliphatic carbocycles. The van der Waals surface area contributed by atoms with Gasteiger partial charge in [0.1, 0.15) is 5.82 Å². The fourth-order valence-electron chi connectivity index (χ4n) is 3.83. The summed E-state index contributed by atoms with van der Waals surface area (Å²) in [6.07, 6.45) is 2.85. The van der Waals surface area contributed by atoms with Gasteiger partial charge in [-0.25, -0.2) is 4.39 Å². The Labute approximate surface area is 155 Å². The molecule has 7 heteroatoms. The smallest absolute Gasteiger partial charge is 0.308 e. The summed E-state index contributed by atoms with van der Waals surface area (Å²) in [7, 11) is 1.49. The number of aliphatic carboxylic acids is 1. The lowest BCUT2D eigenvalue weighted by molar-refractivity contribution is -0.145. The van der Waals surface area contributed by atoms with Gasteiger partial charge in [-0.2, -0.15) is 0 Å². The van der Waals surface area contributed by atoms with Gasteiger partial charge >= 0.3 is 5.97 Å². The highest BCUT2D eigenvalue weighted by molar-refractivity contribution is 7.21. The maximum Gasteiger partial charge on any atom is 0.308 e. The largest absolute Gasteiger partial charge is 0.481 e. The zero-order chi connectivity index (χ0) is 18.9. The van der Waals surface area contributed by atoms with Crippen molar-refractivity contribution in [3.63, 3.8) is 0 Å². The fraction of sp³-hybridized carbons (Fsp3) is 0.474. The van der Waals surface area contributed by atoms with E-state index in [4.69, 9.17) is 4.74 Å². The number of carboxylic acids is 1. The van der Waals surface area contributed by atoms with Crippen LogP contribution in [0.5, 0.6) is 0 Å². The number of amides is 1. The van der Waals surface area contributed by atoms with Crippen molar-refractivity contribution in [3.05, 3.63) is 34.5 Å². The van der Waals surface area contributed by atoms with Crippen molar-refractivity contribution in [2.75, 3.05) is 7.11 Å². The van der Waals surface area contributed by atoms with Crippen LogP contribution < -0.4 is 5.32 Å². The van der Waals surface area contributed by atoms with Gasteiger partial charge in [-0.1, -0.05) is 18.9 Å². The highest BCUT2D eigenvalue weighted by Gasteiger charge is 2.42. The maximum absolute atomic E-state index is 14.3. The normalized spacial score (nSPS) is 23.1. The van der Waals surface area contributed by atoms with Crippen molar-refractivity contribution in [1.82, 2.24) is 5.32 Å². The Morgan fingerprint density at radius 2 is 2.19 bits per heavy atom. The monoisotopic (exact) mass is 379 g/mol. The van der Waals surface area contributed by atoms with E-state index in [1.54, 1.807) is 19.1 Å². The zero-order valence-corrected chi connectivity index (χ0v) is 15.6. The molecule has 0 radical (unpaired) electrons. The fourth-order valence-corrected chi connectivity index (χ4v) is 4.95. The van der Waals surface area contributed by atoms with E-state index in [1.807, 2.05) is 0 Å². The number of thiophene rings is 1. The summed E-state index contributed by atoms with van der Waals surface area (Å²) in [6.45, 7) is 1.90. The van der Waals surface area contributed by atoms with Crippen LogP contribution in [-0.2, 0) is 16.1 Å². The van der Waals surface area contributed by atoms with Crippen molar-refractivity contribution in [2.24, 2.45) is 5.92 Å². The Morgan fingerprint density at radius 1 is 1.42 bits per heavy atom. The highest BCUT2D eigenvalue weighted by Crippen LogP contribution is 2.37. The predicted octanol–water partition coefficient (Wildman–Crippen LogP) is 3.95. The van der Waals surface area contributed by atoms with Gasteiger partial charge < -0.3 is 15.2 Å². The standard InChI is InChI=1S/C19H22FNO4S/c1-19(9-4-3-6-12(19)18(23)24)21-17(22)16-11(10-25-2)15-13(20)7-5-8-14(15)26-16/h5,7-8,12H,3-4,6,9-10H2,1-2H3,(H,21,22)(H,23,24). The van der Waals surface area contributed by atoms with Gasteiger partial charge in [-0.05, 0) is 31.9 Å². The van der Waals surface area contributed by atoms with Crippen LogP contribution in [0, 0.1) is 11.7 Å². The van der Waals surface area contributed by atoms with Crippen LogP contribution >= 0.6 is 11.3 Å². The molecule has 1 aromatic carbocycles. The lowest BCUT2D eigenvalue weighted by Crippen LogP contribution is -2.55. The third-order valence-electron chi connectivity index (χ3n) is 5.16. The summed E-state index contributed by atoms with van der Waals surface area (Å²) in [5.74, 6) is -2.28. The quantitative estimate of drug-likeness (QED) is 0.825. The molecule has 0 saturated heterocycles. The van der Waals surface area contributed by atoms with Gasteiger partial charge in [-0.15, -0.1) is 11.3 Å². The number of methoxy groups -OCH3 is 1. The summed E-state index contributed by atoms with van der Waals surface area (Å²) in [5.41, 5.74) is -0.311. The molecule has 1 heterocycles. The predicted molar refractivity (Wildman–Crippen MR) is 98.0 cm³/mol. The molecule has 5 nitrogen and oxygen atoms in total. The molecule has 3 rings (SSSR count). The molecule has 140 valence electrons. The van der Waals surface area contributed by atoms with E-state index in [2.05, 4.69) is 5.32 Å². The number of benzene rings is 1. The average Bonchev–Trinajstić information content (AvgIpc) is 2.95. The molecule has 2 aromatic rings. The van der Waals surface area contributed by atoms with Gasteiger partial charge in [0, 0.05) is 22.8 Å². The van der Waals surface area contributed by atoms with Gasteiger partial charge in [-0.3, -0.25) is 9.59 Å². The third kappa shape index (κ3) is 3.33. The van der Waals surface area contributed by atoms with Crippen molar-refractivity contribution in [1.29, 1.82) is 0 Å². The first-order valence-corrected chi connectivity index (χ1v) is 9.43. The number of rotatable bonds is 5. The molecule has 26 heavy (non-hydrogen) atoms. The SMILES string of the molecule is COCc1c(C(=O)NC2(C)CCCCC2C(=O)O)sc2cccc(F)c12. The van der Waals surface area contributed by atoms with Crippen LogP contribution in [0.2, 0.25) is 0 Å². The lowest BCUT2D eigenvalue weighted by atomic mass is 9.74. The molecule has 0 aliphatic heterocycles. The Kier molecular flexibility index (Phi) is 5.29. The number of ether oxygens (including phenoxy) is 1. The van der Waals surface area contributed by atoms with E-state index >= 15 is 0 Å². The number of carbonyl (C=O) groups is 2. The van der Waals surface area contributed by atoms with Crippen molar-refractivity contribution in [3.8, 4) is 0 Å². The van der Waals surface area contributed by atoms with Crippen LogP contribution in [0.3, 0.4) is 0 Å². The minimum atomic E-state index is -0.896. The first kappa shape index (κ1) is 18.8. The summed E-state index contributed by atoms with van der Waals surface area (Å²) in [6, 6.07) is 4.73. The number of fused-ring (bicyclic) bond motifs is 1. The minimum absolute atomic E-state index is 0.114. The zero-order valence-electron chi connectivity index (χ0n) is 14.8. The summed E-state index contributed by atoms with van der Waals surface area (Å²) >= 11 is 1.20. The van der Waals surface area contributed by atoms with Crippen LogP contribution in [0.25, 0.3) is 10.1 Å². The first-order chi connectivity index (χ1) is 12.4. The lowest BCUT2D eigenvalue weighted by Gasteiger charge is -2.39. The van der Waals surface area contributed by atoms with Gasteiger partial charge in [0.15, 0.2) is 0 Å². The molecule has 2 atom stereocenters. The maximum atomic E-state index is 14.3. The molecule has 1 amide bonds. The van der Waals surface area contributed by atoms with E-state index in [0.29, 0.717) is 33.4 Å². The molecule has 1 fully saturated rings. The third-order valence-corrected chi connectivity index (χ3v) is 6.36. The molecule has 1 saturated carbocycles. The molecule has 1 aromatic heterocycles. The second-order valence-corrected chi connectivity index (χ2v) is 8.02. The number of hydrogen-bond acceptors (Lipinski definition) is 4. The first-order valence-electron chi connectivity index (χ1n) is 8.61. The molecular formula is C19H22FNO4S. The van der Waals surface area contributed by atoms with E-state index in [0.717, 1.165) is 12.8 Å². The number of nitrogens with one attached hydrogen (secondary N) is 1. The average molecular weight is 379 g/mol. The Balaban J connectivity index is 1.98. The van der Waals surface area contributed by atoms with Crippen LogP contribution in [0.15, 0.2) is 18.2 Å². The van der Waals surface area contributed by atoms with Crippen molar-refractivity contribution < 1.29 is 23.8 Å². The van der Waals surface area contributed by atoms with E-state index < -0.39 is 23.2 Å². The van der Waals surface area contributed by atoms with Gasteiger partial charge in [0.25, 0.3) is 5.91 Å². The van der Waals surface area contributed by atoms with Gasteiger partial charge in [0.2, 0.25) is 0 Å². The van der Waals surface area contributed by atoms with Crippen LogP contribution in [0.1, 0.15) is 47.8 Å². The number of hydrogen-bond donors (Lipinski definition) is 2. The van der Waals surface area contributed by atoms with Crippen LogP contribution in [0.4, 0.5) is 4.39 Å². The molecule has 0 spiro atoms. The summed E-state index contributed by atoms with van der Waals surface area (Å²) in [5, 5.41) is 12.9. The van der Waals surface area contributed by atoms with E-state index in [-0.39, 0.29) is 12.5 Å². The molecule has 1 aliphatic rings. The number of halogens is 1. The second-order valence-electron chi connectivity index (χ2n) is 6.96. The molecule has 0 bridgehead atoms. The highest BCUT2D eigenvalue weighted by atomic mass is 32.1. The van der Waals surface area contributed by atoms with Crippen LogP contribution in [-0.4, -0.2) is 29.6 Å². The topological polar surface area (TPSA) is 75.6 Å². The molecule has 2 unspecified atom stereocenters. The molecule has 2 N–H and O–H groups in total. The molecular weight excluding hydrogens is 357 g/mol. The minimum Gasteiger partial charge on any atom is -0.481 e. The van der Waals surface area contributed by atoms with E-state index in [9.17, 15) is 19.1 Å². The summed E-state index contributed by atoms with van der Waals surface area (Å²) in [4.78, 5) is 25.0. The Bertz CT molecular complexity index is 849. The number of carboxylic acid groups (broad SMARTS) is 1.